The minimum absolute atomic E-state index is 0.0356. The summed E-state index contributed by atoms with van der Waals surface area (Å²) in [7, 11) is 1.24. The van der Waals surface area contributed by atoms with Crippen molar-refractivity contribution < 1.29 is 18.3 Å². The second kappa shape index (κ2) is 6.55. The molecule has 0 N–H and O–H groups in total. The van der Waals surface area contributed by atoms with E-state index in [1.54, 1.807) is 10.7 Å². The third-order valence-electron chi connectivity index (χ3n) is 4.11. The van der Waals surface area contributed by atoms with Crippen LogP contribution in [0.25, 0.3) is 27.3 Å². The maximum atomic E-state index is 14.3. The highest BCUT2D eigenvalue weighted by Gasteiger charge is 2.25. The zero-order valence-corrected chi connectivity index (χ0v) is 15.2. The van der Waals surface area contributed by atoms with E-state index in [1.165, 1.54) is 13.2 Å². The number of esters is 1. The Balaban J connectivity index is 1.97. The lowest BCUT2D eigenvalue weighted by Gasteiger charge is -2.02. The van der Waals surface area contributed by atoms with Crippen LogP contribution in [-0.2, 0) is 4.74 Å². The standard InChI is InChI=1S/C19H13F2N3O2S/c1-10-15(14-5-3-4-8-24(14)23-10)18-22-16(17(27-18)19(25)26-2)12-7-6-11(20)9-13(12)21/h3-9H,1-2H3. The van der Waals surface area contributed by atoms with Gasteiger partial charge >= 0.3 is 5.97 Å². The second-order valence-corrected chi connectivity index (χ2v) is 6.80. The van der Waals surface area contributed by atoms with Crippen molar-refractivity contribution in [1.29, 1.82) is 0 Å². The van der Waals surface area contributed by atoms with Gasteiger partial charge in [0.05, 0.1) is 29.6 Å². The molecular formula is C19H13F2N3O2S. The number of thiazole rings is 1. The third-order valence-corrected chi connectivity index (χ3v) is 5.17. The van der Waals surface area contributed by atoms with E-state index < -0.39 is 17.6 Å². The molecule has 0 unspecified atom stereocenters. The first-order valence-corrected chi connectivity index (χ1v) is 8.80. The lowest BCUT2D eigenvalue weighted by molar-refractivity contribution is 0.0607. The van der Waals surface area contributed by atoms with Gasteiger partial charge in [0.15, 0.2) is 0 Å². The topological polar surface area (TPSA) is 56.5 Å². The average Bonchev–Trinajstić information content (AvgIpc) is 3.21. The van der Waals surface area contributed by atoms with Crippen molar-refractivity contribution in [2.45, 2.75) is 6.92 Å². The molecule has 27 heavy (non-hydrogen) atoms. The predicted molar refractivity (Wildman–Crippen MR) is 97.7 cm³/mol. The van der Waals surface area contributed by atoms with E-state index in [2.05, 4.69) is 10.1 Å². The van der Waals surface area contributed by atoms with E-state index in [9.17, 15) is 13.6 Å². The van der Waals surface area contributed by atoms with Crippen molar-refractivity contribution >= 4 is 22.8 Å². The van der Waals surface area contributed by atoms with Gasteiger partial charge in [0.25, 0.3) is 0 Å². The van der Waals surface area contributed by atoms with Crippen LogP contribution < -0.4 is 0 Å². The fraction of sp³-hybridized carbons (Fsp3) is 0.105. The Bertz CT molecular complexity index is 1180. The number of hydrogen-bond donors (Lipinski definition) is 0. The summed E-state index contributed by atoms with van der Waals surface area (Å²) in [5, 5.41) is 4.95. The second-order valence-electron chi connectivity index (χ2n) is 5.80. The molecule has 5 nitrogen and oxygen atoms in total. The van der Waals surface area contributed by atoms with E-state index in [4.69, 9.17) is 4.74 Å². The lowest BCUT2D eigenvalue weighted by atomic mass is 10.1. The number of methoxy groups -OCH3 is 1. The van der Waals surface area contributed by atoms with Crippen molar-refractivity contribution in [3.05, 3.63) is 64.8 Å². The van der Waals surface area contributed by atoms with Crippen LogP contribution in [-0.4, -0.2) is 27.7 Å². The van der Waals surface area contributed by atoms with Gasteiger partial charge in [0.2, 0.25) is 0 Å². The summed E-state index contributed by atoms with van der Waals surface area (Å²) in [6.07, 6.45) is 1.81. The molecule has 3 heterocycles. The Morgan fingerprint density at radius 2 is 2.04 bits per heavy atom. The Morgan fingerprint density at radius 1 is 1.22 bits per heavy atom. The Morgan fingerprint density at radius 3 is 2.78 bits per heavy atom. The summed E-state index contributed by atoms with van der Waals surface area (Å²) in [5.74, 6) is -2.13. The van der Waals surface area contributed by atoms with Gasteiger partial charge in [0, 0.05) is 17.8 Å². The molecule has 0 amide bonds. The molecule has 4 aromatic rings. The van der Waals surface area contributed by atoms with E-state index >= 15 is 0 Å². The van der Waals surface area contributed by atoms with Gasteiger partial charge in [-0.3, -0.25) is 0 Å². The van der Waals surface area contributed by atoms with E-state index in [0.717, 1.165) is 40.2 Å². The molecule has 0 aliphatic rings. The number of carbonyl (C=O) groups is 1. The number of aryl methyl sites for hydroxylation is 1. The van der Waals surface area contributed by atoms with Crippen LogP contribution >= 0.6 is 11.3 Å². The molecule has 0 fully saturated rings. The minimum atomic E-state index is -0.798. The van der Waals surface area contributed by atoms with Crippen molar-refractivity contribution in [2.24, 2.45) is 0 Å². The first-order chi connectivity index (χ1) is 13.0. The Labute approximate surface area is 156 Å². The van der Waals surface area contributed by atoms with Gasteiger partial charge in [-0.2, -0.15) is 5.10 Å². The van der Waals surface area contributed by atoms with Crippen LogP contribution in [0.2, 0.25) is 0 Å². The molecule has 0 saturated carbocycles. The highest BCUT2D eigenvalue weighted by Crippen LogP contribution is 2.38. The molecule has 0 aliphatic carbocycles. The number of halogens is 2. The molecule has 136 valence electrons. The maximum Gasteiger partial charge on any atom is 0.350 e. The first kappa shape index (κ1) is 17.3. The molecule has 0 spiro atoms. The molecule has 0 aliphatic heterocycles. The highest BCUT2D eigenvalue weighted by molar-refractivity contribution is 7.17. The van der Waals surface area contributed by atoms with Crippen LogP contribution in [0.1, 0.15) is 15.4 Å². The van der Waals surface area contributed by atoms with Gasteiger partial charge in [0.1, 0.15) is 21.5 Å². The maximum absolute atomic E-state index is 14.3. The first-order valence-electron chi connectivity index (χ1n) is 7.98. The van der Waals surface area contributed by atoms with Gasteiger partial charge in [-0.15, -0.1) is 11.3 Å². The van der Waals surface area contributed by atoms with E-state index in [-0.39, 0.29) is 16.1 Å². The van der Waals surface area contributed by atoms with Crippen molar-refractivity contribution in [3.63, 3.8) is 0 Å². The summed E-state index contributed by atoms with van der Waals surface area (Å²) < 4.78 is 34.1. The summed E-state index contributed by atoms with van der Waals surface area (Å²) in [4.78, 5) is 16.9. The lowest BCUT2D eigenvalue weighted by Crippen LogP contribution is -2.01. The molecule has 1 aromatic carbocycles. The number of carbonyl (C=O) groups excluding carboxylic acids is 1. The van der Waals surface area contributed by atoms with Crippen molar-refractivity contribution in [3.8, 4) is 21.8 Å². The molecule has 0 saturated heterocycles. The molecule has 8 heteroatoms. The third kappa shape index (κ3) is 2.87. The molecule has 3 aromatic heterocycles. The fourth-order valence-corrected chi connectivity index (χ4v) is 4.01. The zero-order valence-electron chi connectivity index (χ0n) is 14.4. The number of ether oxygens (including phenoxy) is 1. The molecular weight excluding hydrogens is 372 g/mol. The number of nitrogens with zero attached hydrogens (tertiary/aromatic N) is 3. The summed E-state index contributed by atoms with van der Waals surface area (Å²) in [6.45, 7) is 1.83. The Kier molecular flexibility index (Phi) is 4.19. The zero-order chi connectivity index (χ0) is 19.1. The molecule has 0 bridgehead atoms. The number of hydrogen-bond acceptors (Lipinski definition) is 5. The summed E-state index contributed by atoms with van der Waals surface area (Å²) in [5.41, 5.74) is 2.44. The SMILES string of the molecule is COC(=O)c1sc(-c2c(C)nn3ccccc23)nc1-c1ccc(F)cc1F. The number of benzene rings is 1. The van der Waals surface area contributed by atoms with E-state index in [0.29, 0.717) is 5.01 Å². The van der Waals surface area contributed by atoms with Crippen LogP contribution in [0, 0.1) is 18.6 Å². The van der Waals surface area contributed by atoms with Gasteiger partial charge < -0.3 is 4.74 Å². The van der Waals surface area contributed by atoms with Crippen LogP contribution in [0.15, 0.2) is 42.6 Å². The monoisotopic (exact) mass is 385 g/mol. The largest absolute Gasteiger partial charge is 0.465 e. The molecule has 0 atom stereocenters. The number of aromatic nitrogens is 3. The van der Waals surface area contributed by atoms with E-state index in [1.807, 2.05) is 25.1 Å². The number of fused-ring (bicyclic) bond motifs is 1. The fourth-order valence-electron chi connectivity index (χ4n) is 2.90. The average molecular weight is 385 g/mol. The van der Waals surface area contributed by atoms with Crippen molar-refractivity contribution in [1.82, 2.24) is 14.6 Å². The predicted octanol–water partition coefficient (Wildman–Crippen LogP) is 4.50. The summed E-state index contributed by atoms with van der Waals surface area (Å²) >= 11 is 1.09. The molecule has 4 rings (SSSR count). The summed E-state index contributed by atoms with van der Waals surface area (Å²) in [6, 6.07) is 8.75. The van der Waals surface area contributed by atoms with Gasteiger partial charge in [-0.25, -0.2) is 23.1 Å². The minimum Gasteiger partial charge on any atom is -0.465 e. The normalized spacial score (nSPS) is 11.1. The van der Waals surface area contributed by atoms with Crippen LogP contribution in [0.5, 0.6) is 0 Å². The molecule has 0 radical (unpaired) electrons. The Hall–Kier alpha value is -3.13. The smallest absolute Gasteiger partial charge is 0.350 e. The van der Waals surface area contributed by atoms with Crippen LogP contribution in [0.4, 0.5) is 8.78 Å². The number of pyridine rings is 1. The number of rotatable bonds is 3. The quantitative estimate of drug-likeness (QED) is 0.487. The van der Waals surface area contributed by atoms with Gasteiger partial charge in [-0.1, -0.05) is 6.07 Å². The highest BCUT2D eigenvalue weighted by atomic mass is 32.1. The van der Waals surface area contributed by atoms with Gasteiger partial charge in [-0.05, 0) is 31.2 Å². The van der Waals surface area contributed by atoms with Crippen molar-refractivity contribution in [2.75, 3.05) is 7.11 Å². The van der Waals surface area contributed by atoms with Crippen LogP contribution in [0.3, 0.4) is 0 Å².